The molecule has 0 aliphatic rings. The van der Waals surface area contributed by atoms with Gasteiger partial charge in [0.25, 0.3) is 0 Å². The molecule has 0 fully saturated rings. The number of aliphatic hydroxyl groups is 1. The van der Waals surface area contributed by atoms with Gasteiger partial charge in [-0.2, -0.15) is 0 Å². The van der Waals surface area contributed by atoms with Gasteiger partial charge in [-0.05, 0) is 24.7 Å². The first-order chi connectivity index (χ1) is 8.42. The summed E-state index contributed by atoms with van der Waals surface area (Å²) in [5.74, 6) is 0.887. The molecular formula is C15H30O3. The molecule has 18 heavy (non-hydrogen) atoms. The minimum Gasteiger partial charge on any atom is -0.465 e. The second-order valence-electron chi connectivity index (χ2n) is 5.91. The maximum Gasteiger partial charge on any atom is 0.309 e. The van der Waals surface area contributed by atoms with E-state index in [0.29, 0.717) is 18.4 Å². The van der Waals surface area contributed by atoms with Crippen LogP contribution in [0.15, 0.2) is 0 Å². The van der Waals surface area contributed by atoms with E-state index >= 15 is 0 Å². The summed E-state index contributed by atoms with van der Waals surface area (Å²) in [5, 5.41) is 9.07. The number of esters is 1. The summed E-state index contributed by atoms with van der Waals surface area (Å²) in [7, 11) is 0. The summed E-state index contributed by atoms with van der Waals surface area (Å²) < 4.78 is 5.34. The normalized spacial score (nSPS) is 14.9. The summed E-state index contributed by atoms with van der Waals surface area (Å²) in [6.07, 6.45) is 2.78. The molecule has 108 valence electrons. The van der Waals surface area contributed by atoms with E-state index in [-0.39, 0.29) is 24.4 Å². The van der Waals surface area contributed by atoms with Crippen molar-refractivity contribution < 1.29 is 14.6 Å². The molecular weight excluding hydrogens is 228 g/mol. The minimum absolute atomic E-state index is 0.0106. The predicted octanol–water partition coefficient (Wildman–Crippen LogP) is 3.26. The van der Waals surface area contributed by atoms with Gasteiger partial charge in [-0.15, -0.1) is 0 Å². The van der Waals surface area contributed by atoms with Gasteiger partial charge in [-0.1, -0.05) is 41.0 Å². The van der Waals surface area contributed by atoms with Gasteiger partial charge in [-0.25, -0.2) is 0 Å². The fourth-order valence-electron chi connectivity index (χ4n) is 1.84. The minimum atomic E-state index is -0.0995. The molecule has 0 bridgehead atoms. The predicted molar refractivity (Wildman–Crippen MR) is 74.2 cm³/mol. The number of aliphatic hydroxyl groups excluding tert-OH is 1. The van der Waals surface area contributed by atoms with Crippen LogP contribution in [-0.4, -0.2) is 24.3 Å². The molecule has 0 radical (unpaired) electrons. The standard InChI is InChI=1S/C15H30O3/c1-6-13(9-16)10-18-15(17)14(12(4)5)8-7-11(2)3/h11-14,16H,6-10H2,1-5H3. The Kier molecular flexibility index (Phi) is 9.08. The molecule has 2 unspecified atom stereocenters. The number of ether oxygens (including phenoxy) is 1. The summed E-state index contributed by atoms with van der Waals surface area (Å²) in [4.78, 5) is 12.0. The van der Waals surface area contributed by atoms with E-state index in [1.807, 2.05) is 6.92 Å². The number of carbonyl (C=O) groups excluding carboxylic acids is 1. The number of hydrogen-bond donors (Lipinski definition) is 1. The zero-order valence-electron chi connectivity index (χ0n) is 12.6. The van der Waals surface area contributed by atoms with E-state index in [1.54, 1.807) is 0 Å². The molecule has 0 aromatic carbocycles. The molecule has 0 aliphatic carbocycles. The molecule has 0 spiro atoms. The quantitative estimate of drug-likeness (QED) is 0.646. The van der Waals surface area contributed by atoms with Crippen molar-refractivity contribution in [3.05, 3.63) is 0 Å². The summed E-state index contributed by atoms with van der Waals surface area (Å²) in [5.41, 5.74) is 0. The summed E-state index contributed by atoms with van der Waals surface area (Å²) in [6, 6.07) is 0. The second kappa shape index (κ2) is 9.37. The lowest BCUT2D eigenvalue weighted by molar-refractivity contribution is -0.152. The lowest BCUT2D eigenvalue weighted by atomic mass is 9.89. The molecule has 2 atom stereocenters. The maximum atomic E-state index is 12.0. The molecule has 0 rings (SSSR count). The first-order valence-corrected chi connectivity index (χ1v) is 7.19. The van der Waals surface area contributed by atoms with Crippen LogP contribution in [-0.2, 0) is 9.53 Å². The average molecular weight is 258 g/mol. The van der Waals surface area contributed by atoms with Gasteiger partial charge in [0.2, 0.25) is 0 Å². The van der Waals surface area contributed by atoms with Crippen LogP contribution in [0.3, 0.4) is 0 Å². The Morgan fingerprint density at radius 1 is 1.17 bits per heavy atom. The van der Waals surface area contributed by atoms with E-state index < -0.39 is 0 Å². The van der Waals surface area contributed by atoms with Crippen LogP contribution in [0.5, 0.6) is 0 Å². The van der Waals surface area contributed by atoms with Crippen LogP contribution in [0.2, 0.25) is 0 Å². The van der Waals surface area contributed by atoms with Crippen LogP contribution >= 0.6 is 0 Å². The highest BCUT2D eigenvalue weighted by molar-refractivity contribution is 5.72. The van der Waals surface area contributed by atoms with Crippen molar-refractivity contribution in [2.45, 2.75) is 53.9 Å². The Balaban J connectivity index is 4.22. The topological polar surface area (TPSA) is 46.5 Å². The lowest BCUT2D eigenvalue weighted by Gasteiger charge is -2.21. The molecule has 0 aromatic rings. The molecule has 0 saturated heterocycles. The third kappa shape index (κ3) is 7.00. The molecule has 0 heterocycles. The lowest BCUT2D eigenvalue weighted by Crippen LogP contribution is -2.26. The van der Waals surface area contributed by atoms with Crippen molar-refractivity contribution in [1.82, 2.24) is 0 Å². The highest BCUT2D eigenvalue weighted by Crippen LogP contribution is 2.22. The molecule has 3 nitrogen and oxygen atoms in total. The molecule has 1 N–H and O–H groups in total. The first-order valence-electron chi connectivity index (χ1n) is 7.19. The molecule has 0 saturated carbocycles. The highest BCUT2D eigenvalue weighted by atomic mass is 16.5. The van der Waals surface area contributed by atoms with Crippen LogP contribution in [0, 0.1) is 23.7 Å². The van der Waals surface area contributed by atoms with Crippen LogP contribution in [0.4, 0.5) is 0 Å². The van der Waals surface area contributed by atoms with E-state index in [2.05, 4.69) is 27.7 Å². The van der Waals surface area contributed by atoms with Crippen molar-refractivity contribution >= 4 is 5.97 Å². The van der Waals surface area contributed by atoms with Gasteiger partial charge in [0.15, 0.2) is 0 Å². The van der Waals surface area contributed by atoms with Crippen molar-refractivity contribution in [2.24, 2.45) is 23.7 Å². The fourth-order valence-corrected chi connectivity index (χ4v) is 1.84. The van der Waals surface area contributed by atoms with Gasteiger partial charge < -0.3 is 9.84 Å². The monoisotopic (exact) mass is 258 g/mol. The van der Waals surface area contributed by atoms with E-state index in [4.69, 9.17) is 9.84 Å². The Hall–Kier alpha value is -0.570. The van der Waals surface area contributed by atoms with Gasteiger partial charge >= 0.3 is 5.97 Å². The maximum absolute atomic E-state index is 12.0. The Morgan fingerprint density at radius 3 is 2.17 bits per heavy atom. The Labute approximate surface area is 112 Å². The average Bonchev–Trinajstić information content (AvgIpc) is 2.29. The van der Waals surface area contributed by atoms with E-state index in [0.717, 1.165) is 19.3 Å². The molecule has 0 amide bonds. The zero-order valence-corrected chi connectivity index (χ0v) is 12.6. The van der Waals surface area contributed by atoms with Gasteiger partial charge in [0.1, 0.15) is 0 Å². The highest BCUT2D eigenvalue weighted by Gasteiger charge is 2.24. The zero-order chi connectivity index (χ0) is 14.1. The summed E-state index contributed by atoms with van der Waals surface area (Å²) >= 11 is 0. The second-order valence-corrected chi connectivity index (χ2v) is 5.91. The van der Waals surface area contributed by atoms with Crippen LogP contribution in [0.25, 0.3) is 0 Å². The van der Waals surface area contributed by atoms with Crippen molar-refractivity contribution in [1.29, 1.82) is 0 Å². The third-order valence-corrected chi connectivity index (χ3v) is 3.46. The van der Waals surface area contributed by atoms with Gasteiger partial charge in [0.05, 0.1) is 12.5 Å². The number of rotatable bonds is 9. The SMILES string of the molecule is CCC(CO)COC(=O)C(CCC(C)C)C(C)C. The van der Waals surface area contributed by atoms with E-state index in [1.165, 1.54) is 0 Å². The van der Waals surface area contributed by atoms with Gasteiger partial charge in [0, 0.05) is 12.5 Å². The molecule has 0 aliphatic heterocycles. The number of hydrogen-bond acceptors (Lipinski definition) is 3. The van der Waals surface area contributed by atoms with Crippen molar-refractivity contribution in [3.8, 4) is 0 Å². The van der Waals surface area contributed by atoms with E-state index in [9.17, 15) is 4.79 Å². The Morgan fingerprint density at radius 2 is 1.78 bits per heavy atom. The van der Waals surface area contributed by atoms with Crippen LogP contribution in [0.1, 0.15) is 53.9 Å². The van der Waals surface area contributed by atoms with Crippen LogP contribution < -0.4 is 0 Å². The van der Waals surface area contributed by atoms with Crippen molar-refractivity contribution in [2.75, 3.05) is 13.2 Å². The Bertz CT molecular complexity index is 220. The molecule has 3 heteroatoms. The largest absolute Gasteiger partial charge is 0.465 e. The first kappa shape index (κ1) is 17.4. The smallest absolute Gasteiger partial charge is 0.309 e. The third-order valence-electron chi connectivity index (χ3n) is 3.46. The van der Waals surface area contributed by atoms with Gasteiger partial charge in [-0.3, -0.25) is 4.79 Å². The van der Waals surface area contributed by atoms with Crippen molar-refractivity contribution in [3.63, 3.8) is 0 Å². The molecule has 0 aromatic heterocycles. The fraction of sp³-hybridized carbons (Fsp3) is 0.933. The summed E-state index contributed by atoms with van der Waals surface area (Å²) in [6.45, 7) is 10.9. The number of carbonyl (C=O) groups is 1.